The fraction of sp³-hybridized carbons (Fsp3) is 0.267. The summed E-state index contributed by atoms with van der Waals surface area (Å²) in [6.45, 7) is 3.14. The minimum atomic E-state index is 0.509. The number of nitrogens with zero attached hydrogens (tertiary/aromatic N) is 1. The van der Waals surface area contributed by atoms with Crippen molar-refractivity contribution in [1.29, 1.82) is 0 Å². The predicted molar refractivity (Wildman–Crippen MR) is 80.2 cm³/mol. The van der Waals surface area contributed by atoms with E-state index < -0.39 is 0 Å². The minimum Gasteiger partial charge on any atom is -0.487 e. The van der Waals surface area contributed by atoms with E-state index in [9.17, 15) is 0 Å². The summed E-state index contributed by atoms with van der Waals surface area (Å²) < 4.78 is 6.88. The van der Waals surface area contributed by atoms with Gasteiger partial charge in [-0.15, -0.1) is 0 Å². The number of pyridine rings is 1. The van der Waals surface area contributed by atoms with Crippen LogP contribution >= 0.6 is 15.9 Å². The summed E-state index contributed by atoms with van der Waals surface area (Å²) in [5.41, 5.74) is 8.95. The molecule has 1 aromatic heterocycles. The van der Waals surface area contributed by atoms with Crippen molar-refractivity contribution in [2.45, 2.75) is 20.0 Å². The molecule has 0 spiro atoms. The second-order valence-electron chi connectivity index (χ2n) is 4.43. The molecule has 0 unspecified atom stereocenters. The van der Waals surface area contributed by atoms with Gasteiger partial charge in [-0.1, -0.05) is 12.1 Å². The van der Waals surface area contributed by atoms with E-state index in [1.54, 1.807) is 0 Å². The van der Waals surface area contributed by atoms with Crippen LogP contribution in [0.2, 0.25) is 0 Å². The summed E-state index contributed by atoms with van der Waals surface area (Å²) in [6.07, 6.45) is 4.47. The fourth-order valence-corrected chi connectivity index (χ4v) is 2.44. The predicted octanol–water partition coefficient (Wildman–Crippen LogP) is 3.23. The zero-order valence-corrected chi connectivity index (χ0v) is 12.5. The molecule has 3 nitrogen and oxygen atoms in total. The minimum absolute atomic E-state index is 0.509. The van der Waals surface area contributed by atoms with Gasteiger partial charge in [-0.05, 0) is 59.1 Å². The molecule has 0 bridgehead atoms. The van der Waals surface area contributed by atoms with Crippen molar-refractivity contribution < 1.29 is 4.74 Å². The molecule has 0 radical (unpaired) electrons. The highest BCUT2D eigenvalue weighted by Gasteiger charge is 2.08. The third-order valence-electron chi connectivity index (χ3n) is 2.78. The Kier molecular flexibility index (Phi) is 4.93. The van der Waals surface area contributed by atoms with Crippen LogP contribution in [-0.2, 0) is 13.0 Å². The van der Waals surface area contributed by atoms with Crippen molar-refractivity contribution in [1.82, 2.24) is 4.98 Å². The number of nitrogens with two attached hydrogens (primary N) is 1. The SMILES string of the molecule is Cc1cncc(COc2c(Br)cccc2CCN)c1. The fourth-order valence-electron chi connectivity index (χ4n) is 1.92. The number of aromatic nitrogens is 1. The van der Waals surface area contributed by atoms with Crippen molar-refractivity contribution >= 4 is 15.9 Å². The Labute approximate surface area is 121 Å². The van der Waals surface area contributed by atoms with Gasteiger partial charge in [0.2, 0.25) is 0 Å². The number of hydrogen-bond acceptors (Lipinski definition) is 3. The first kappa shape index (κ1) is 14.0. The summed E-state index contributed by atoms with van der Waals surface area (Å²) >= 11 is 3.52. The van der Waals surface area contributed by atoms with Crippen LogP contribution in [0.25, 0.3) is 0 Å². The lowest BCUT2D eigenvalue weighted by Gasteiger charge is -2.13. The molecule has 2 rings (SSSR count). The average molecular weight is 321 g/mol. The van der Waals surface area contributed by atoms with Gasteiger partial charge in [-0.3, -0.25) is 4.98 Å². The molecule has 0 aliphatic carbocycles. The van der Waals surface area contributed by atoms with Gasteiger partial charge < -0.3 is 10.5 Å². The quantitative estimate of drug-likeness (QED) is 0.920. The summed E-state index contributed by atoms with van der Waals surface area (Å²) in [5, 5.41) is 0. The maximum Gasteiger partial charge on any atom is 0.137 e. The number of hydrogen-bond donors (Lipinski definition) is 1. The van der Waals surface area contributed by atoms with E-state index in [0.717, 1.165) is 33.3 Å². The van der Waals surface area contributed by atoms with Crippen LogP contribution in [0.15, 0.2) is 41.1 Å². The molecule has 1 heterocycles. The Morgan fingerprint density at radius 2 is 2.16 bits per heavy atom. The molecule has 0 fully saturated rings. The standard InChI is InChI=1S/C15H17BrN2O/c1-11-7-12(9-18-8-11)10-19-15-13(5-6-17)3-2-4-14(15)16/h2-4,7-9H,5-6,10,17H2,1H3. The maximum absolute atomic E-state index is 5.92. The number of benzene rings is 1. The van der Waals surface area contributed by atoms with Gasteiger partial charge in [0.1, 0.15) is 12.4 Å². The molecule has 0 saturated carbocycles. The van der Waals surface area contributed by atoms with Crippen molar-refractivity contribution in [3.63, 3.8) is 0 Å². The zero-order chi connectivity index (χ0) is 13.7. The lowest BCUT2D eigenvalue weighted by Crippen LogP contribution is -2.06. The van der Waals surface area contributed by atoms with Gasteiger partial charge in [0.25, 0.3) is 0 Å². The summed E-state index contributed by atoms with van der Waals surface area (Å²) in [7, 11) is 0. The summed E-state index contributed by atoms with van der Waals surface area (Å²) in [6, 6.07) is 8.09. The molecule has 19 heavy (non-hydrogen) atoms. The van der Waals surface area contributed by atoms with E-state index >= 15 is 0 Å². The highest BCUT2D eigenvalue weighted by molar-refractivity contribution is 9.10. The number of halogens is 1. The van der Waals surface area contributed by atoms with E-state index in [1.807, 2.05) is 37.5 Å². The van der Waals surface area contributed by atoms with Crippen LogP contribution in [0.5, 0.6) is 5.75 Å². The van der Waals surface area contributed by atoms with Crippen LogP contribution < -0.4 is 10.5 Å². The van der Waals surface area contributed by atoms with Gasteiger partial charge in [-0.25, -0.2) is 0 Å². The van der Waals surface area contributed by atoms with Crippen molar-refractivity contribution in [2.75, 3.05) is 6.54 Å². The largest absolute Gasteiger partial charge is 0.487 e. The van der Waals surface area contributed by atoms with Crippen molar-refractivity contribution in [3.8, 4) is 5.75 Å². The normalized spacial score (nSPS) is 10.5. The van der Waals surface area contributed by atoms with Gasteiger partial charge in [0.05, 0.1) is 4.47 Å². The number of para-hydroxylation sites is 1. The monoisotopic (exact) mass is 320 g/mol. The highest BCUT2D eigenvalue weighted by Crippen LogP contribution is 2.30. The highest BCUT2D eigenvalue weighted by atomic mass is 79.9. The molecular weight excluding hydrogens is 304 g/mol. The Morgan fingerprint density at radius 3 is 2.89 bits per heavy atom. The maximum atomic E-state index is 5.92. The molecule has 4 heteroatoms. The molecule has 0 amide bonds. The second-order valence-corrected chi connectivity index (χ2v) is 5.28. The molecule has 0 aliphatic rings. The zero-order valence-electron chi connectivity index (χ0n) is 10.9. The van der Waals surface area contributed by atoms with Gasteiger partial charge >= 0.3 is 0 Å². The first-order valence-electron chi connectivity index (χ1n) is 6.21. The molecule has 1 aromatic carbocycles. The lowest BCUT2D eigenvalue weighted by molar-refractivity contribution is 0.300. The molecule has 2 N–H and O–H groups in total. The van der Waals surface area contributed by atoms with E-state index in [1.165, 1.54) is 0 Å². The van der Waals surface area contributed by atoms with Crippen LogP contribution in [0, 0.1) is 6.92 Å². The molecule has 0 atom stereocenters. The summed E-state index contributed by atoms with van der Waals surface area (Å²) in [5.74, 6) is 0.870. The van der Waals surface area contributed by atoms with Gasteiger partial charge in [-0.2, -0.15) is 0 Å². The Balaban J connectivity index is 2.14. The first-order chi connectivity index (χ1) is 9.20. The first-order valence-corrected chi connectivity index (χ1v) is 7.01. The topological polar surface area (TPSA) is 48.1 Å². The molecule has 2 aromatic rings. The van der Waals surface area contributed by atoms with Crippen LogP contribution in [0.1, 0.15) is 16.7 Å². The second kappa shape index (κ2) is 6.68. The Hall–Kier alpha value is -1.39. The van der Waals surface area contributed by atoms with E-state index in [4.69, 9.17) is 10.5 Å². The molecule has 0 saturated heterocycles. The molecule has 0 aliphatic heterocycles. The average Bonchev–Trinajstić information content (AvgIpc) is 2.38. The van der Waals surface area contributed by atoms with Gasteiger partial charge in [0.15, 0.2) is 0 Å². The van der Waals surface area contributed by atoms with Crippen LogP contribution in [0.3, 0.4) is 0 Å². The van der Waals surface area contributed by atoms with Crippen LogP contribution in [0.4, 0.5) is 0 Å². The number of rotatable bonds is 5. The molecule has 100 valence electrons. The number of aryl methyl sites for hydroxylation is 1. The van der Waals surface area contributed by atoms with E-state index in [2.05, 4.69) is 27.0 Å². The van der Waals surface area contributed by atoms with E-state index in [-0.39, 0.29) is 0 Å². The smallest absolute Gasteiger partial charge is 0.137 e. The summed E-state index contributed by atoms with van der Waals surface area (Å²) in [4.78, 5) is 4.17. The van der Waals surface area contributed by atoms with E-state index in [0.29, 0.717) is 13.2 Å². The van der Waals surface area contributed by atoms with Crippen LogP contribution in [-0.4, -0.2) is 11.5 Å². The third kappa shape index (κ3) is 3.78. The Bertz CT molecular complexity index is 558. The molecular formula is C15H17BrN2O. The van der Waals surface area contributed by atoms with Crippen molar-refractivity contribution in [2.24, 2.45) is 5.73 Å². The Morgan fingerprint density at radius 1 is 1.32 bits per heavy atom. The van der Waals surface area contributed by atoms with Gasteiger partial charge in [0, 0.05) is 18.0 Å². The third-order valence-corrected chi connectivity index (χ3v) is 3.40. The number of ether oxygens (including phenoxy) is 1. The lowest BCUT2D eigenvalue weighted by atomic mass is 10.1. The van der Waals surface area contributed by atoms with Crippen molar-refractivity contribution in [3.05, 3.63) is 57.8 Å².